The highest BCUT2D eigenvalue weighted by Gasteiger charge is 2.14. The summed E-state index contributed by atoms with van der Waals surface area (Å²) in [6, 6.07) is 4.29. The van der Waals surface area contributed by atoms with Crippen molar-refractivity contribution in [3.8, 4) is 0 Å². The minimum atomic E-state index is 0.0136. The van der Waals surface area contributed by atoms with Crippen LogP contribution in [0.4, 0.5) is 0 Å². The van der Waals surface area contributed by atoms with Crippen molar-refractivity contribution >= 4 is 23.2 Å². The lowest BCUT2D eigenvalue weighted by molar-refractivity contribution is 0.0957. The Morgan fingerprint density at radius 2 is 2.05 bits per heavy atom. The largest absolute Gasteiger partial charge is 0.356 e. The first-order valence-electron chi connectivity index (χ1n) is 8.08. The van der Waals surface area contributed by atoms with Crippen LogP contribution in [0.3, 0.4) is 0 Å². The van der Waals surface area contributed by atoms with Crippen molar-refractivity contribution in [1.82, 2.24) is 16.0 Å². The molecule has 1 heterocycles. The minimum absolute atomic E-state index is 0.0136. The summed E-state index contributed by atoms with van der Waals surface area (Å²) in [5.74, 6) is 0.885. The van der Waals surface area contributed by atoms with Crippen molar-refractivity contribution in [2.75, 3.05) is 20.1 Å². The van der Waals surface area contributed by atoms with Gasteiger partial charge in [0, 0.05) is 26.2 Å². The van der Waals surface area contributed by atoms with Gasteiger partial charge in [0.1, 0.15) is 0 Å². The highest BCUT2D eigenvalue weighted by Crippen LogP contribution is 2.17. The Kier molecular flexibility index (Phi) is 7.22. The van der Waals surface area contributed by atoms with E-state index < -0.39 is 0 Å². The van der Waals surface area contributed by atoms with Gasteiger partial charge in [-0.3, -0.25) is 9.79 Å². The summed E-state index contributed by atoms with van der Waals surface area (Å²) in [6.07, 6.45) is 7.32. The number of nitrogens with zero attached hydrogens (tertiary/aromatic N) is 1. The summed E-state index contributed by atoms with van der Waals surface area (Å²) in [4.78, 5) is 16.8. The van der Waals surface area contributed by atoms with E-state index in [-0.39, 0.29) is 5.91 Å². The zero-order valence-corrected chi connectivity index (χ0v) is 14.0. The molecule has 3 N–H and O–H groups in total. The smallest absolute Gasteiger partial charge is 0.261 e. The van der Waals surface area contributed by atoms with Crippen LogP contribution in [0.2, 0.25) is 0 Å². The Bertz CT molecular complexity index is 467. The van der Waals surface area contributed by atoms with Gasteiger partial charge in [-0.25, -0.2) is 0 Å². The molecule has 0 spiro atoms. The van der Waals surface area contributed by atoms with Gasteiger partial charge in [0.25, 0.3) is 5.91 Å². The Balaban J connectivity index is 1.57. The highest BCUT2D eigenvalue weighted by molar-refractivity contribution is 7.12. The Morgan fingerprint density at radius 1 is 1.27 bits per heavy atom. The summed E-state index contributed by atoms with van der Waals surface area (Å²) in [6.45, 7) is 1.47. The maximum Gasteiger partial charge on any atom is 0.261 e. The van der Waals surface area contributed by atoms with Gasteiger partial charge in [0.05, 0.1) is 4.88 Å². The van der Waals surface area contributed by atoms with Crippen LogP contribution in [-0.4, -0.2) is 38.0 Å². The molecule has 1 aromatic rings. The van der Waals surface area contributed by atoms with Crippen molar-refractivity contribution in [2.45, 2.75) is 44.6 Å². The van der Waals surface area contributed by atoms with Crippen LogP contribution in [-0.2, 0) is 0 Å². The molecule has 0 aromatic carbocycles. The SMILES string of the molecule is CN=C(NCCCNC(=O)c1cccs1)NC1CCCCC1. The van der Waals surface area contributed by atoms with Crippen molar-refractivity contribution in [1.29, 1.82) is 0 Å². The van der Waals surface area contributed by atoms with E-state index in [0.717, 1.165) is 23.8 Å². The summed E-state index contributed by atoms with van der Waals surface area (Å²) in [5, 5.41) is 11.6. The first-order valence-corrected chi connectivity index (χ1v) is 8.96. The fourth-order valence-electron chi connectivity index (χ4n) is 2.63. The van der Waals surface area contributed by atoms with Gasteiger partial charge in [0.15, 0.2) is 5.96 Å². The molecule has 122 valence electrons. The van der Waals surface area contributed by atoms with Crippen LogP contribution in [0.25, 0.3) is 0 Å². The first kappa shape index (κ1) is 16.8. The number of thiophene rings is 1. The molecule has 5 nitrogen and oxygen atoms in total. The second kappa shape index (κ2) is 9.46. The van der Waals surface area contributed by atoms with Crippen molar-refractivity contribution in [3.63, 3.8) is 0 Å². The molecule has 1 aliphatic carbocycles. The summed E-state index contributed by atoms with van der Waals surface area (Å²) < 4.78 is 0. The first-order chi connectivity index (χ1) is 10.8. The molecular weight excluding hydrogens is 296 g/mol. The van der Waals surface area contributed by atoms with E-state index in [2.05, 4.69) is 20.9 Å². The Morgan fingerprint density at radius 3 is 2.73 bits per heavy atom. The lowest BCUT2D eigenvalue weighted by Gasteiger charge is -2.24. The van der Waals surface area contributed by atoms with E-state index in [1.54, 1.807) is 7.05 Å². The minimum Gasteiger partial charge on any atom is -0.356 e. The van der Waals surface area contributed by atoms with E-state index >= 15 is 0 Å². The van der Waals surface area contributed by atoms with Gasteiger partial charge < -0.3 is 16.0 Å². The average Bonchev–Trinajstić information content (AvgIpc) is 3.08. The summed E-state index contributed by atoms with van der Waals surface area (Å²) >= 11 is 1.47. The monoisotopic (exact) mass is 322 g/mol. The van der Waals surface area contributed by atoms with Crippen molar-refractivity contribution in [3.05, 3.63) is 22.4 Å². The van der Waals surface area contributed by atoms with Crippen LogP contribution in [0.15, 0.2) is 22.5 Å². The lowest BCUT2D eigenvalue weighted by atomic mass is 9.96. The second-order valence-electron chi connectivity index (χ2n) is 5.57. The van der Waals surface area contributed by atoms with Gasteiger partial charge >= 0.3 is 0 Å². The number of aliphatic imine (C=N–C) groups is 1. The number of nitrogens with one attached hydrogen (secondary N) is 3. The lowest BCUT2D eigenvalue weighted by Crippen LogP contribution is -2.44. The predicted octanol–water partition coefficient (Wildman–Crippen LogP) is 2.37. The van der Waals surface area contributed by atoms with E-state index in [1.807, 2.05) is 17.5 Å². The third kappa shape index (κ3) is 5.67. The van der Waals surface area contributed by atoms with Gasteiger partial charge in [-0.2, -0.15) is 0 Å². The van der Waals surface area contributed by atoms with E-state index in [0.29, 0.717) is 12.6 Å². The van der Waals surface area contributed by atoms with Crippen LogP contribution in [0.1, 0.15) is 48.2 Å². The van der Waals surface area contributed by atoms with Crippen molar-refractivity contribution in [2.24, 2.45) is 4.99 Å². The topological polar surface area (TPSA) is 65.5 Å². The van der Waals surface area contributed by atoms with Crippen LogP contribution in [0.5, 0.6) is 0 Å². The molecule has 0 radical (unpaired) electrons. The second-order valence-corrected chi connectivity index (χ2v) is 6.51. The number of carbonyl (C=O) groups is 1. The van der Waals surface area contributed by atoms with E-state index in [4.69, 9.17) is 0 Å². The third-order valence-electron chi connectivity index (χ3n) is 3.85. The zero-order valence-electron chi connectivity index (χ0n) is 13.2. The normalized spacial score (nSPS) is 16.3. The molecule has 0 unspecified atom stereocenters. The van der Waals surface area contributed by atoms with Crippen LogP contribution < -0.4 is 16.0 Å². The molecule has 1 fully saturated rings. The fourth-order valence-corrected chi connectivity index (χ4v) is 3.27. The number of carbonyl (C=O) groups excluding carboxylic acids is 1. The Labute approximate surface area is 136 Å². The molecular formula is C16H26N4OS. The molecule has 1 amide bonds. The third-order valence-corrected chi connectivity index (χ3v) is 4.71. The summed E-state index contributed by atoms with van der Waals surface area (Å²) in [5.41, 5.74) is 0. The maximum atomic E-state index is 11.8. The average molecular weight is 322 g/mol. The van der Waals surface area contributed by atoms with Gasteiger partial charge in [-0.15, -0.1) is 11.3 Å². The van der Waals surface area contributed by atoms with E-state index in [9.17, 15) is 4.79 Å². The molecule has 6 heteroatoms. The van der Waals surface area contributed by atoms with Gasteiger partial charge in [0.2, 0.25) is 0 Å². The number of hydrogen-bond acceptors (Lipinski definition) is 3. The number of rotatable bonds is 6. The molecule has 0 saturated heterocycles. The molecule has 0 aliphatic heterocycles. The molecule has 0 atom stereocenters. The van der Waals surface area contributed by atoms with Gasteiger partial charge in [-0.05, 0) is 30.7 Å². The molecule has 2 rings (SSSR count). The van der Waals surface area contributed by atoms with Crippen LogP contribution in [0, 0.1) is 0 Å². The predicted molar refractivity (Wildman–Crippen MR) is 92.6 cm³/mol. The number of amides is 1. The molecule has 1 aliphatic rings. The molecule has 0 bridgehead atoms. The maximum absolute atomic E-state index is 11.8. The highest BCUT2D eigenvalue weighted by atomic mass is 32.1. The van der Waals surface area contributed by atoms with Crippen LogP contribution >= 0.6 is 11.3 Å². The van der Waals surface area contributed by atoms with Crippen molar-refractivity contribution < 1.29 is 4.79 Å². The van der Waals surface area contributed by atoms with Gasteiger partial charge in [-0.1, -0.05) is 25.3 Å². The number of hydrogen-bond donors (Lipinski definition) is 3. The Hall–Kier alpha value is -1.56. The molecule has 1 aromatic heterocycles. The molecule has 22 heavy (non-hydrogen) atoms. The zero-order chi connectivity index (χ0) is 15.6. The summed E-state index contributed by atoms with van der Waals surface area (Å²) in [7, 11) is 1.80. The molecule has 1 saturated carbocycles. The number of guanidine groups is 1. The quantitative estimate of drug-likeness (QED) is 0.428. The van der Waals surface area contributed by atoms with E-state index in [1.165, 1.54) is 43.4 Å². The standard InChI is InChI=1S/C16H26N4OS/c1-17-16(20-13-7-3-2-4-8-13)19-11-6-10-18-15(21)14-9-5-12-22-14/h5,9,12-13H,2-4,6-8,10-11H2,1H3,(H,18,21)(H2,17,19,20). The fraction of sp³-hybridized carbons (Fsp3) is 0.625.